The average Bonchev–Trinajstić information content (AvgIpc) is 2.35. The standard InChI is InChI=1S/C8H13N/c1-7-4-6-9-5-2-3-8(7)9/h8H,1-6H2/t8-/m1/s1. The molecule has 2 saturated heterocycles. The van der Waals surface area contributed by atoms with Gasteiger partial charge in [0.25, 0.3) is 0 Å². The van der Waals surface area contributed by atoms with Gasteiger partial charge in [-0.15, -0.1) is 0 Å². The Morgan fingerprint density at radius 3 is 3.11 bits per heavy atom. The summed E-state index contributed by atoms with van der Waals surface area (Å²) >= 11 is 0. The van der Waals surface area contributed by atoms with E-state index in [1.807, 2.05) is 0 Å². The molecule has 0 amide bonds. The van der Waals surface area contributed by atoms with E-state index in [0.717, 1.165) is 6.04 Å². The van der Waals surface area contributed by atoms with Crippen LogP contribution in [0.5, 0.6) is 0 Å². The lowest BCUT2D eigenvalue weighted by molar-refractivity contribution is 0.338. The van der Waals surface area contributed by atoms with Gasteiger partial charge in [-0.3, -0.25) is 4.90 Å². The first kappa shape index (κ1) is 5.48. The molecule has 50 valence electrons. The SMILES string of the molecule is C=C1CCN2CCC[C@H]12. The molecule has 0 radical (unpaired) electrons. The van der Waals surface area contributed by atoms with Gasteiger partial charge in [0.05, 0.1) is 0 Å². The van der Waals surface area contributed by atoms with E-state index in [-0.39, 0.29) is 0 Å². The quantitative estimate of drug-likeness (QED) is 0.440. The highest BCUT2D eigenvalue weighted by Gasteiger charge is 2.31. The summed E-state index contributed by atoms with van der Waals surface area (Å²) in [6, 6.07) is 0.782. The van der Waals surface area contributed by atoms with Crippen LogP contribution in [-0.4, -0.2) is 24.0 Å². The number of rotatable bonds is 0. The molecule has 9 heavy (non-hydrogen) atoms. The van der Waals surface area contributed by atoms with Crippen LogP contribution in [0.15, 0.2) is 12.2 Å². The van der Waals surface area contributed by atoms with Crippen LogP contribution in [-0.2, 0) is 0 Å². The van der Waals surface area contributed by atoms with Crippen molar-refractivity contribution in [3.8, 4) is 0 Å². The molecule has 1 atom stereocenters. The minimum Gasteiger partial charge on any atom is -0.296 e. The van der Waals surface area contributed by atoms with Gasteiger partial charge in [0.1, 0.15) is 0 Å². The molecular formula is C8H13N. The fourth-order valence-electron chi connectivity index (χ4n) is 2.01. The normalized spacial score (nSPS) is 35.6. The third-order valence-electron chi connectivity index (χ3n) is 2.56. The molecular weight excluding hydrogens is 110 g/mol. The van der Waals surface area contributed by atoms with E-state index in [1.165, 1.54) is 37.9 Å². The summed E-state index contributed by atoms with van der Waals surface area (Å²) in [4.78, 5) is 2.56. The number of fused-ring (bicyclic) bond motifs is 1. The third kappa shape index (κ3) is 0.715. The second-order valence-corrected chi connectivity index (χ2v) is 3.10. The van der Waals surface area contributed by atoms with Crippen molar-refractivity contribution in [3.05, 3.63) is 12.2 Å². The zero-order valence-corrected chi connectivity index (χ0v) is 5.77. The lowest BCUT2D eigenvalue weighted by Gasteiger charge is -2.12. The van der Waals surface area contributed by atoms with Gasteiger partial charge in [-0.25, -0.2) is 0 Å². The molecule has 0 aromatic carbocycles. The Bertz CT molecular complexity index is 140. The molecule has 0 spiro atoms. The Morgan fingerprint density at radius 2 is 2.33 bits per heavy atom. The monoisotopic (exact) mass is 123 g/mol. The number of nitrogens with zero attached hydrogens (tertiary/aromatic N) is 1. The summed E-state index contributed by atoms with van der Waals surface area (Å²) in [5.41, 5.74) is 1.48. The van der Waals surface area contributed by atoms with Gasteiger partial charge < -0.3 is 0 Å². The smallest absolute Gasteiger partial charge is 0.0306 e. The molecule has 2 rings (SSSR count). The maximum Gasteiger partial charge on any atom is 0.0306 e. The first-order chi connectivity index (χ1) is 4.38. The lowest BCUT2D eigenvalue weighted by Crippen LogP contribution is -2.22. The Hall–Kier alpha value is -0.300. The third-order valence-corrected chi connectivity index (χ3v) is 2.56. The van der Waals surface area contributed by atoms with E-state index in [1.54, 1.807) is 0 Å². The molecule has 2 aliphatic heterocycles. The highest BCUT2D eigenvalue weighted by molar-refractivity contribution is 5.13. The van der Waals surface area contributed by atoms with Gasteiger partial charge >= 0.3 is 0 Å². The average molecular weight is 123 g/mol. The molecule has 0 aromatic rings. The van der Waals surface area contributed by atoms with Crippen LogP contribution in [0.3, 0.4) is 0 Å². The van der Waals surface area contributed by atoms with E-state index in [2.05, 4.69) is 11.5 Å². The minimum absolute atomic E-state index is 0.782. The summed E-state index contributed by atoms with van der Waals surface area (Å²) < 4.78 is 0. The molecule has 0 aromatic heterocycles. The summed E-state index contributed by atoms with van der Waals surface area (Å²) in [7, 11) is 0. The van der Waals surface area contributed by atoms with Crippen molar-refractivity contribution < 1.29 is 0 Å². The molecule has 0 N–H and O–H groups in total. The van der Waals surface area contributed by atoms with Gasteiger partial charge in [-0.2, -0.15) is 0 Å². The van der Waals surface area contributed by atoms with Gasteiger partial charge in [-0.1, -0.05) is 12.2 Å². The van der Waals surface area contributed by atoms with Gasteiger partial charge in [0.15, 0.2) is 0 Å². The second-order valence-electron chi connectivity index (χ2n) is 3.10. The molecule has 0 unspecified atom stereocenters. The lowest BCUT2D eigenvalue weighted by atomic mass is 10.1. The first-order valence-electron chi connectivity index (χ1n) is 3.79. The largest absolute Gasteiger partial charge is 0.296 e. The Balaban J connectivity index is 2.15. The zero-order chi connectivity index (χ0) is 6.27. The topological polar surface area (TPSA) is 3.24 Å². The van der Waals surface area contributed by atoms with Crippen molar-refractivity contribution in [2.75, 3.05) is 13.1 Å². The molecule has 1 heteroatoms. The predicted molar refractivity (Wildman–Crippen MR) is 38.4 cm³/mol. The van der Waals surface area contributed by atoms with Crippen LogP contribution < -0.4 is 0 Å². The molecule has 0 bridgehead atoms. The van der Waals surface area contributed by atoms with Crippen LogP contribution in [0.2, 0.25) is 0 Å². The van der Waals surface area contributed by atoms with Crippen LogP contribution >= 0.6 is 0 Å². The number of hydrogen-bond donors (Lipinski definition) is 0. The maximum atomic E-state index is 4.06. The maximum absolute atomic E-state index is 4.06. The number of hydrogen-bond acceptors (Lipinski definition) is 1. The summed E-state index contributed by atoms with van der Waals surface area (Å²) in [5, 5.41) is 0. The minimum atomic E-state index is 0.782. The van der Waals surface area contributed by atoms with Crippen molar-refractivity contribution >= 4 is 0 Å². The Morgan fingerprint density at radius 1 is 1.44 bits per heavy atom. The molecule has 0 saturated carbocycles. The van der Waals surface area contributed by atoms with Crippen molar-refractivity contribution in [3.63, 3.8) is 0 Å². The zero-order valence-electron chi connectivity index (χ0n) is 5.77. The van der Waals surface area contributed by atoms with Gasteiger partial charge in [-0.05, 0) is 25.8 Å². The van der Waals surface area contributed by atoms with Crippen molar-refractivity contribution in [1.29, 1.82) is 0 Å². The molecule has 2 fully saturated rings. The van der Waals surface area contributed by atoms with Crippen molar-refractivity contribution in [2.24, 2.45) is 0 Å². The van der Waals surface area contributed by atoms with Crippen LogP contribution in [0.1, 0.15) is 19.3 Å². The second kappa shape index (κ2) is 1.84. The Kier molecular flexibility index (Phi) is 1.12. The fraction of sp³-hybridized carbons (Fsp3) is 0.750. The van der Waals surface area contributed by atoms with E-state index < -0.39 is 0 Å². The highest BCUT2D eigenvalue weighted by Crippen LogP contribution is 2.30. The summed E-state index contributed by atoms with van der Waals surface area (Å²) in [6.07, 6.45) is 4.02. The summed E-state index contributed by atoms with van der Waals surface area (Å²) in [5.74, 6) is 0. The van der Waals surface area contributed by atoms with E-state index >= 15 is 0 Å². The van der Waals surface area contributed by atoms with E-state index in [0.29, 0.717) is 0 Å². The van der Waals surface area contributed by atoms with E-state index in [4.69, 9.17) is 0 Å². The first-order valence-corrected chi connectivity index (χ1v) is 3.79. The molecule has 2 aliphatic rings. The highest BCUT2D eigenvalue weighted by atomic mass is 15.2. The molecule has 2 heterocycles. The van der Waals surface area contributed by atoms with Crippen molar-refractivity contribution in [2.45, 2.75) is 25.3 Å². The van der Waals surface area contributed by atoms with E-state index in [9.17, 15) is 0 Å². The summed E-state index contributed by atoms with van der Waals surface area (Å²) in [6.45, 7) is 6.66. The fourth-order valence-corrected chi connectivity index (χ4v) is 2.01. The van der Waals surface area contributed by atoms with Crippen LogP contribution in [0.4, 0.5) is 0 Å². The van der Waals surface area contributed by atoms with Gasteiger partial charge in [0.2, 0.25) is 0 Å². The molecule has 0 aliphatic carbocycles. The van der Waals surface area contributed by atoms with Crippen LogP contribution in [0.25, 0.3) is 0 Å². The Labute approximate surface area is 56.4 Å². The van der Waals surface area contributed by atoms with Gasteiger partial charge in [0, 0.05) is 12.6 Å². The van der Waals surface area contributed by atoms with Crippen LogP contribution in [0, 0.1) is 0 Å². The molecule has 1 nitrogen and oxygen atoms in total. The van der Waals surface area contributed by atoms with Crippen molar-refractivity contribution in [1.82, 2.24) is 4.90 Å². The predicted octanol–water partition coefficient (Wildman–Crippen LogP) is 1.41.